The van der Waals surface area contributed by atoms with Gasteiger partial charge < -0.3 is 11.1 Å². The van der Waals surface area contributed by atoms with E-state index in [-0.39, 0.29) is 17.4 Å². The number of nitrogen functional groups attached to an aromatic ring is 1. The molecule has 20 heavy (non-hydrogen) atoms. The summed E-state index contributed by atoms with van der Waals surface area (Å²) in [5, 5.41) is 2.76. The van der Waals surface area contributed by atoms with Crippen LogP contribution in [0, 0.1) is 0 Å². The lowest BCUT2D eigenvalue weighted by molar-refractivity contribution is 0.102. The fourth-order valence-corrected chi connectivity index (χ4v) is 1.84. The fraction of sp³-hybridized carbons (Fsp3) is 0.267. The predicted molar refractivity (Wildman–Crippen MR) is 79.5 cm³/mol. The third-order valence-electron chi connectivity index (χ3n) is 3.29. The van der Waals surface area contributed by atoms with E-state index in [0.29, 0.717) is 11.6 Å². The first-order valence-electron chi connectivity index (χ1n) is 6.59. The number of hydrogen-bond donors (Lipinski definition) is 2. The molecule has 1 aromatic heterocycles. The number of amides is 1. The van der Waals surface area contributed by atoms with Crippen molar-refractivity contribution < 1.29 is 4.79 Å². The van der Waals surface area contributed by atoms with Gasteiger partial charge in [-0.1, -0.05) is 26.0 Å². The summed E-state index contributed by atoms with van der Waals surface area (Å²) in [6.07, 6.45) is 3.98. The maximum Gasteiger partial charge on any atom is 0.278 e. The molecule has 2 aromatic rings. The Morgan fingerprint density at radius 3 is 2.50 bits per heavy atom. The third-order valence-corrected chi connectivity index (χ3v) is 3.29. The van der Waals surface area contributed by atoms with E-state index in [2.05, 4.69) is 29.1 Å². The van der Waals surface area contributed by atoms with E-state index >= 15 is 0 Å². The molecule has 0 spiro atoms. The van der Waals surface area contributed by atoms with Gasteiger partial charge >= 0.3 is 0 Å². The molecule has 0 saturated heterocycles. The van der Waals surface area contributed by atoms with Crippen LogP contribution in [0.1, 0.15) is 42.2 Å². The highest BCUT2D eigenvalue weighted by Gasteiger charge is 2.12. The summed E-state index contributed by atoms with van der Waals surface area (Å²) in [6.45, 7) is 4.32. The molecule has 1 aromatic carbocycles. The summed E-state index contributed by atoms with van der Waals surface area (Å²) in [5.41, 5.74) is 7.73. The zero-order valence-corrected chi connectivity index (χ0v) is 11.6. The Hall–Kier alpha value is -2.43. The van der Waals surface area contributed by atoms with E-state index < -0.39 is 0 Å². The highest BCUT2D eigenvalue weighted by Crippen LogP contribution is 2.20. The molecule has 1 amide bonds. The third kappa shape index (κ3) is 3.12. The SMILES string of the molecule is CCC(C)c1ccc(NC(=O)c2nccnc2N)cc1. The van der Waals surface area contributed by atoms with Gasteiger partial charge in [0.1, 0.15) is 0 Å². The number of benzene rings is 1. The van der Waals surface area contributed by atoms with Crippen LogP contribution in [0.4, 0.5) is 11.5 Å². The summed E-state index contributed by atoms with van der Waals surface area (Å²) in [4.78, 5) is 19.8. The molecule has 5 nitrogen and oxygen atoms in total. The van der Waals surface area contributed by atoms with Gasteiger partial charge in [-0.3, -0.25) is 4.79 Å². The van der Waals surface area contributed by atoms with Crippen LogP contribution in [-0.2, 0) is 0 Å². The first-order chi connectivity index (χ1) is 9.61. The molecule has 1 unspecified atom stereocenters. The van der Waals surface area contributed by atoms with Crippen LogP contribution < -0.4 is 11.1 Å². The molecule has 5 heteroatoms. The van der Waals surface area contributed by atoms with Crippen molar-refractivity contribution in [2.75, 3.05) is 11.1 Å². The lowest BCUT2D eigenvalue weighted by atomic mass is 9.99. The number of carbonyl (C=O) groups is 1. The molecule has 0 bridgehead atoms. The van der Waals surface area contributed by atoms with Gasteiger partial charge in [0.05, 0.1) is 0 Å². The molecule has 3 N–H and O–H groups in total. The molecule has 0 radical (unpaired) electrons. The van der Waals surface area contributed by atoms with Gasteiger partial charge in [0, 0.05) is 18.1 Å². The average molecular weight is 270 g/mol. The van der Waals surface area contributed by atoms with E-state index in [1.165, 1.54) is 18.0 Å². The number of rotatable bonds is 4. The molecule has 0 aliphatic carbocycles. The van der Waals surface area contributed by atoms with Gasteiger partial charge in [0.2, 0.25) is 0 Å². The molecular formula is C15H18N4O. The van der Waals surface area contributed by atoms with Crippen LogP contribution in [0.5, 0.6) is 0 Å². The average Bonchev–Trinajstić information content (AvgIpc) is 2.47. The number of aromatic nitrogens is 2. The topological polar surface area (TPSA) is 80.9 Å². The van der Waals surface area contributed by atoms with Crippen LogP contribution in [0.3, 0.4) is 0 Å². The lowest BCUT2D eigenvalue weighted by Gasteiger charge is -2.10. The molecule has 0 aliphatic rings. The van der Waals surface area contributed by atoms with Crippen LogP contribution >= 0.6 is 0 Å². The van der Waals surface area contributed by atoms with E-state index in [4.69, 9.17) is 5.73 Å². The lowest BCUT2D eigenvalue weighted by Crippen LogP contribution is -2.16. The van der Waals surface area contributed by atoms with Crippen LogP contribution in [-0.4, -0.2) is 15.9 Å². The van der Waals surface area contributed by atoms with E-state index in [1.54, 1.807) is 0 Å². The van der Waals surface area contributed by atoms with Gasteiger partial charge in [-0.25, -0.2) is 9.97 Å². The second-order valence-electron chi connectivity index (χ2n) is 4.68. The van der Waals surface area contributed by atoms with Gasteiger partial charge in [0.25, 0.3) is 5.91 Å². The standard InChI is InChI=1S/C15H18N4O/c1-3-10(2)11-4-6-12(7-5-11)19-15(20)13-14(16)18-9-8-17-13/h4-10H,3H2,1-2H3,(H2,16,18)(H,19,20). The summed E-state index contributed by atoms with van der Waals surface area (Å²) < 4.78 is 0. The van der Waals surface area contributed by atoms with Crippen LogP contribution in [0.15, 0.2) is 36.7 Å². The Balaban J connectivity index is 2.11. The van der Waals surface area contributed by atoms with Crippen LogP contribution in [0.25, 0.3) is 0 Å². The first kappa shape index (κ1) is 14.0. The minimum Gasteiger partial charge on any atom is -0.382 e. The van der Waals surface area contributed by atoms with Crippen molar-refractivity contribution >= 4 is 17.4 Å². The van der Waals surface area contributed by atoms with Gasteiger partial charge in [-0.2, -0.15) is 0 Å². The number of carbonyl (C=O) groups excluding carboxylic acids is 1. The Labute approximate surface area is 118 Å². The molecule has 2 rings (SSSR count). The quantitative estimate of drug-likeness (QED) is 0.895. The Morgan fingerprint density at radius 1 is 1.25 bits per heavy atom. The van der Waals surface area contributed by atoms with E-state index in [1.807, 2.05) is 24.3 Å². The fourth-order valence-electron chi connectivity index (χ4n) is 1.84. The highest BCUT2D eigenvalue weighted by molar-refractivity contribution is 6.05. The summed E-state index contributed by atoms with van der Waals surface area (Å²) in [7, 11) is 0. The smallest absolute Gasteiger partial charge is 0.278 e. The molecular weight excluding hydrogens is 252 g/mol. The Kier molecular flexibility index (Phi) is 4.30. The van der Waals surface area contributed by atoms with Crippen molar-refractivity contribution in [2.24, 2.45) is 0 Å². The summed E-state index contributed by atoms with van der Waals surface area (Å²) >= 11 is 0. The molecule has 0 fully saturated rings. The van der Waals surface area contributed by atoms with Crippen molar-refractivity contribution in [1.29, 1.82) is 0 Å². The summed E-state index contributed by atoms with van der Waals surface area (Å²) in [5.74, 6) is 0.281. The number of nitrogens with two attached hydrogens (primary N) is 1. The number of anilines is 2. The Bertz CT molecular complexity index is 595. The number of nitrogens with zero attached hydrogens (tertiary/aromatic N) is 2. The molecule has 0 saturated carbocycles. The Morgan fingerprint density at radius 2 is 1.90 bits per heavy atom. The van der Waals surface area contributed by atoms with Crippen molar-refractivity contribution in [3.8, 4) is 0 Å². The zero-order valence-electron chi connectivity index (χ0n) is 11.6. The minimum atomic E-state index is -0.355. The highest BCUT2D eigenvalue weighted by atomic mass is 16.1. The number of nitrogens with one attached hydrogen (secondary N) is 1. The van der Waals surface area contributed by atoms with Gasteiger partial charge in [-0.05, 0) is 30.0 Å². The van der Waals surface area contributed by atoms with E-state index in [9.17, 15) is 4.79 Å². The van der Waals surface area contributed by atoms with Gasteiger partial charge in [-0.15, -0.1) is 0 Å². The molecule has 1 heterocycles. The second kappa shape index (κ2) is 6.14. The monoisotopic (exact) mass is 270 g/mol. The maximum atomic E-state index is 12.0. The minimum absolute atomic E-state index is 0.126. The van der Waals surface area contributed by atoms with Gasteiger partial charge in [0.15, 0.2) is 11.5 Å². The van der Waals surface area contributed by atoms with Crippen molar-refractivity contribution in [1.82, 2.24) is 9.97 Å². The number of hydrogen-bond acceptors (Lipinski definition) is 4. The van der Waals surface area contributed by atoms with Crippen molar-refractivity contribution in [2.45, 2.75) is 26.2 Å². The van der Waals surface area contributed by atoms with Crippen LogP contribution in [0.2, 0.25) is 0 Å². The first-order valence-corrected chi connectivity index (χ1v) is 6.59. The molecule has 0 aliphatic heterocycles. The maximum absolute atomic E-state index is 12.0. The predicted octanol–water partition coefficient (Wildman–Crippen LogP) is 2.82. The molecule has 1 atom stereocenters. The van der Waals surface area contributed by atoms with Crippen molar-refractivity contribution in [3.05, 3.63) is 47.9 Å². The second-order valence-corrected chi connectivity index (χ2v) is 4.68. The zero-order chi connectivity index (χ0) is 14.5. The van der Waals surface area contributed by atoms with Crippen molar-refractivity contribution in [3.63, 3.8) is 0 Å². The van der Waals surface area contributed by atoms with E-state index in [0.717, 1.165) is 6.42 Å². The normalized spacial score (nSPS) is 11.9. The largest absolute Gasteiger partial charge is 0.382 e. The summed E-state index contributed by atoms with van der Waals surface area (Å²) in [6, 6.07) is 7.80. The molecule has 104 valence electrons.